The highest BCUT2D eigenvalue weighted by molar-refractivity contribution is 6.10. The zero-order chi connectivity index (χ0) is 10.7. The maximum absolute atomic E-state index is 12.0. The number of hydrogen-bond acceptors (Lipinski definition) is 2. The molecule has 0 radical (unpaired) electrons. The van der Waals surface area contributed by atoms with Crippen LogP contribution in [0.1, 0.15) is 36.0 Å². The molecule has 2 rings (SSSR count). The van der Waals surface area contributed by atoms with E-state index in [0.717, 1.165) is 19.3 Å². The van der Waals surface area contributed by atoms with E-state index >= 15 is 0 Å². The maximum Gasteiger partial charge on any atom is 0.173 e. The van der Waals surface area contributed by atoms with Crippen LogP contribution in [0.5, 0.6) is 0 Å². The van der Waals surface area contributed by atoms with Crippen molar-refractivity contribution in [1.29, 1.82) is 0 Å². The van der Waals surface area contributed by atoms with Crippen LogP contribution in [0, 0.1) is 5.92 Å². The molecule has 0 heterocycles. The molecule has 1 unspecified atom stereocenters. The third-order valence-corrected chi connectivity index (χ3v) is 2.93. The van der Waals surface area contributed by atoms with E-state index in [9.17, 15) is 9.59 Å². The van der Waals surface area contributed by atoms with Gasteiger partial charge in [0, 0.05) is 12.0 Å². The van der Waals surface area contributed by atoms with Gasteiger partial charge in [0.2, 0.25) is 0 Å². The molecule has 2 heteroatoms. The van der Waals surface area contributed by atoms with E-state index in [-0.39, 0.29) is 17.5 Å². The highest BCUT2D eigenvalue weighted by Crippen LogP contribution is 2.23. The number of ketones is 2. The molecular formula is C13H14O2. The molecule has 0 N–H and O–H groups in total. The normalized spacial score (nSPS) is 21.3. The number of carbonyl (C=O) groups excluding carboxylic acids is 2. The third-order valence-electron chi connectivity index (χ3n) is 2.93. The number of carbonyl (C=O) groups is 2. The van der Waals surface area contributed by atoms with Gasteiger partial charge < -0.3 is 0 Å². The van der Waals surface area contributed by atoms with Crippen molar-refractivity contribution in [3.8, 4) is 0 Å². The molecule has 1 aromatic carbocycles. The Morgan fingerprint density at radius 3 is 2.53 bits per heavy atom. The molecule has 1 aliphatic carbocycles. The molecule has 1 aliphatic rings. The molecule has 1 atom stereocenters. The Morgan fingerprint density at radius 1 is 1.13 bits per heavy atom. The summed E-state index contributed by atoms with van der Waals surface area (Å²) < 4.78 is 0. The quantitative estimate of drug-likeness (QED) is 0.545. The van der Waals surface area contributed by atoms with E-state index in [1.165, 1.54) is 0 Å². The summed E-state index contributed by atoms with van der Waals surface area (Å²) in [6.45, 7) is 0. The Hall–Kier alpha value is -1.44. The van der Waals surface area contributed by atoms with Crippen LogP contribution in [0.3, 0.4) is 0 Å². The monoisotopic (exact) mass is 202 g/mol. The molecule has 0 saturated heterocycles. The van der Waals surface area contributed by atoms with E-state index < -0.39 is 0 Å². The second kappa shape index (κ2) is 4.39. The van der Waals surface area contributed by atoms with Gasteiger partial charge in [-0.1, -0.05) is 36.8 Å². The maximum atomic E-state index is 12.0. The number of rotatable bonds is 2. The number of benzene rings is 1. The summed E-state index contributed by atoms with van der Waals surface area (Å²) in [7, 11) is 0. The first-order valence-corrected chi connectivity index (χ1v) is 5.41. The highest BCUT2D eigenvalue weighted by atomic mass is 16.1. The van der Waals surface area contributed by atoms with Crippen LogP contribution in [0.2, 0.25) is 0 Å². The van der Waals surface area contributed by atoms with Crippen LogP contribution in [0.15, 0.2) is 30.3 Å². The van der Waals surface area contributed by atoms with Gasteiger partial charge in [0.1, 0.15) is 5.78 Å². The predicted octanol–water partition coefficient (Wildman–Crippen LogP) is 2.63. The first kappa shape index (κ1) is 10.1. The van der Waals surface area contributed by atoms with Crippen molar-refractivity contribution in [2.75, 3.05) is 0 Å². The Kier molecular flexibility index (Phi) is 2.95. The van der Waals surface area contributed by atoms with E-state index in [1.54, 1.807) is 12.1 Å². The van der Waals surface area contributed by atoms with Crippen molar-refractivity contribution >= 4 is 11.6 Å². The van der Waals surface area contributed by atoms with Gasteiger partial charge in [-0.2, -0.15) is 0 Å². The lowest BCUT2D eigenvalue weighted by Gasteiger charge is -2.18. The van der Waals surface area contributed by atoms with Crippen LogP contribution < -0.4 is 0 Å². The zero-order valence-corrected chi connectivity index (χ0v) is 8.61. The standard InChI is InChI=1S/C13H14O2/c14-12-9-5-4-8-11(12)13(15)10-6-2-1-3-7-10/h1-3,6-7,11H,4-5,8-9H2. The third kappa shape index (κ3) is 2.14. The first-order chi connectivity index (χ1) is 7.29. The summed E-state index contributed by atoms with van der Waals surface area (Å²) in [6.07, 6.45) is 3.24. The minimum absolute atomic E-state index is 0.000278. The molecule has 1 aromatic rings. The fourth-order valence-electron chi connectivity index (χ4n) is 2.06. The van der Waals surface area contributed by atoms with Crippen LogP contribution in [-0.2, 0) is 4.79 Å². The number of Topliss-reactive ketones (excluding diaryl/α,β-unsaturated/α-hetero) is 2. The fourth-order valence-corrected chi connectivity index (χ4v) is 2.06. The van der Waals surface area contributed by atoms with Crippen molar-refractivity contribution in [2.24, 2.45) is 5.92 Å². The predicted molar refractivity (Wildman–Crippen MR) is 57.7 cm³/mol. The Bertz CT molecular complexity index is 367. The molecule has 0 spiro atoms. The Morgan fingerprint density at radius 2 is 1.87 bits per heavy atom. The minimum Gasteiger partial charge on any atom is -0.299 e. The summed E-state index contributed by atoms with van der Waals surface area (Å²) in [5.74, 6) is -0.253. The largest absolute Gasteiger partial charge is 0.299 e. The van der Waals surface area contributed by atoms with Crippen LogP contribution in [0.25, 0.3) is 0 Å². The highest BCUT2D eigenvalue weighted by Gasteiger charge is 2.29. The molecule has 2 nitrogen and oxygen atoms in total. The molecule has 15 heavy (non-hydrogen) atoms. The molecule has 1 saturated carbocycles. The molecule has 0 aliphatic heterocycles. The van der Waals surface area contributed by atoms with Gasteiger partial charge in [-0.15, -0.1) is 0 Å². The lowest BCUT2D eigenvalue weighted by Crippen LogP contribution is -2.27. The molecular weight excluding hydrogens is 188 g/mol. The summed E-state index contributed by atoms with van der Waals surface area (Å²) in [5.41, 5.74) is 0.665. The Balaban J connectivity index is 2.17. The topological polar surface area (TPSA) is 34.1 Å². The molecule has 0 aromatic heterocycles. The molecule has 78 valence electrons. The van der Waals surface area contributed by atoms with Crippen LogP contribution in [-0.4, -0.2) is 11.6 Å². The van der Waals surface area contributed by atoms with Crippen molar-refractivity contribution in [3.63, 3.8) is 0 Å². The second-order valence-corrected chi connectivity index (χ2v) is 3.99. The van der Waals surface area contributed by atoms with Gasteiger partial charge in [-0.05, 0) is 12.8 Å². The van der Waals surface area contributed by atoms with Crippen LogP contribution >= 0.6 is 0 Å². The molecule has 1 fully saturated rings. The average molecular weight is 202 g/mol. The van der Waals surface area contributed by atoms with Crippen molar-refractivity contribution in [2.45, 2.75) is 25.7 Å². The molecule has 0 amide bonds. The van der Waals surface area contributed by atoms with E-state index in [0.29, 0.717) is 12.0 Å². The summed E-state index contributed by atoms with van der Waals surface area (Å²) in [4.78, 5) is 23.6. The summed E-state index contributed by atoms with van der Waals surface area (Å²) >= 11 is 0. The first-order valence-electron chi connectivity index (χ1n) is 5.41. The van der Waals surface area contributed by atoms with Gasteiger partial charge >= 0.3 is 0 Å². The van der Waals surface area contributed by atoms with Gasteiger partial charge in [-0.3, -0.25) is 9.59 Å². The average Bonchev–Trinajstić information content (AvgIpc) is 2.30. The summed E-state index contributed by atoms with van der Waals surface area (Å²) in [6, 6.07) is 9.11. The van der Waals surface area contributed by atoms with E-state index in [2.05, 4.69) is 0 Å². The fraction of sp³-hybridized carbons (Fsp3) is 0.385. The van der Waals surface area contributed by atoms with Crippen molar-refractivity contribution < 1.29 is 9.59 Å². The molecule has 0 bridgehead atoms. The SMILES string of the molecule is O=C1CCCCC1C(=O)c1ccccc1. The smallest absolute Gasteiger partial charge is 0.173 e. The van der Waals surface area contributed by atoms with Gasteiger partial charge in [0.05, 0.1) is 5.92 Å². The van der Waals surface area contributed by atoms with Gasteiger partial charge in [-0.25, -0.2) is 0 Å². The van der Waals surface area contributed by atoms with E-state index in [4.69, 9.17) is 0 Å². The Labute approximate surface area is 89.3 Å². The summed E-state index contributed by atoms with van der Waals surface area (Å²) in [5, 5.41) is 0. The number of hydrogen-bond donors (Lipinski definition) is 0. The van der Waals surface area contributed by atoms with Crippen molar-refractivity contribution in [3.05, 3.63) is 35.9 Å². The van der Waals surface area contributed by atoms with Crippen molar-refractivity contribution in [1.82, 2.24) is 0 Å². The lowest BCUT2D eigenvalue weighted by atomic mass is 9.83. The lowest BCUT2D eigenvalue weighted by molar-refractivity contribution is -0.122. The van der Waals surface area contributed by atoms with E-state index in [1.807, 2.05) is 18.2 Å². The van der Waals surface area contributed by atoms with Gasteiger partial charge in [0.15, 0.2) is 5.78 Å². The zero-order valence-electron chi connectivity index (χ0n) is 8.61. The second-order valence-electron chi connectivity index (χ2n) is 3.99. The van der Waals surface area contributed by atoms with Crippen LogP contribution in [0.4, 0.5) is 0 Å². The van der Waals surface area contributed by atoms with Gasteiger partial charge in [0.25, 0.3) is 0 Å². The minimum atomic E-state index is -0.374.